The fraction of sp³-hybridized carbons (Fsp3) is 0.733. The predicted octanol–water partition coefficient (Wildman–Crippen LogP) is 2.30. The number of carbonyl (C=O) groups is 1. The highest BCUT2D eigenvalue weighted by molar-refractivity contribution is 9.10. The Labute approximate surface area is 135 Å². The zero-order chi connectivity index (χ0) is 15.4. The summed E-state index contributed by atoms with van der Waals surface area (Å²) in [4.78, 5) is 15.0. The van der Waals surface area contributed by atoms with E-state index in [1.807, 2.05) is 18.8 Å². The molecule has 0 aliphatic heterocycles. The third-order valence-electron chi connectivity index (χ3n) is 4.19. The smallest absolute Gasteiger partial charge is 0.186 e. The molecular formula is C15H25BrN4O. The van der Waals surface area contributed by atoms with Crippen LogP contribution >= 0.6 is 15.9 Å². The van der Waals surface area contributed by atoms with Crippen molar-refractivity contribution in [3.05, 3.63) is 16.4 Å². The van der Waals surface area contributed by atoms with Gasteiger partial charge in [0, 0.05) is 18.5 Å². The lowest BCUT2D eigenvalue weighted by Gasteiger charge is -2.21. The molecule has 118 valence electrons. The molecule has 0 saturated heterocycles. The van der Waals surface area contributed by atoms with Gasteiger partial charge < -0.3 is 10.6 Å². The minimum absolute atomic E-state index is 0.0240. The Morgan fingerprint density at radius 3 is 2.86 bits per heavy atom. The topological polar surface area (TPSA) is 64.2 Å². The van der Waals surface area contributed by atoms with Crippen molar-refractivity contribution in [2.24, 2.45) is 11.7 Å². The van der Waals surface area contributed by atoms with E-state index in [-0.39, 0.29) is 17.7 Å². The quantitative estimate of drug-likeness (QED) is 0.649. The summed E-state index contributed by atoms with van der Waals surface area (Å²) in [5.41, 5.74) is 6.91. The number of nitrogens with zero attached hydrogens (tertiary/aromatic N) is 3. The zero-order valence-corrected chi connectivity index (χ0v) is 14.5. The molecule has 1 heterocycles. The minimum atomic E-state index is -0.0707. The summed E-state index contributed by atoms with van der Waals surface area (Å²) < 4.78 is 2.59. The summed E-state index contributed by atoms with van der Waals surface area (Å²) >= 11 is 3.47. The number of hydrogen-bond acceptors (Lipinski definition) is 4. The highest BCUT2D eigenvalue weighted by atomic mass is 79.9. The van der Waals surface area contributed by atoms with Gasteiger partial charge in [-0.05, 0) is 42.9 Å². The van der Waals surface area contributed by atoms with Crippen LogP contribution < -0.4 is 5.73 Å². The second kappa shape index (κ2) is 7.51. The van der Waals surface area contributed by atoms with Gasteiger partial charge in [0.2, 0.25) is 0 Å². The molecule has 0 radical (unpaired) electrons. The van der Waals surface area contributed by atoms with E-state index in [4.69, 9.17) is 5.73 Å². The molecule has 0 spiro atoms. The molecule has 1 aromatic rings. The van der Waals surface area contributed by atoms with Crippen LogP contribution in [-0.4, -0.2) is 47.1 Å². The third-order valence-corrected chi connectivity index (χ3v) is 4.77. The van der Waals surface area contributed by atoms with E-state index in [0.29, 0.717) is 12.2 Å². The molecule has 2 atom stereocenters. The summed E-state index contributed by atoms with van der Waals surface area (Å²) in [5.74, 6) is 0.0751. The molecule has 0 amide bonds. The Kier molecular flexibility index (Phi) is 5.96. The minimum Gasteiger partial charge on any atom is -0.327 e. The lowest BCUT2D eigenvalue weighted by Crippen LogP contribution is -2.36. The Hall–Kier alpha value is -0.720. The van der Waals surface area contributed by atoms with Gasteiger partial charge in [-0.3, -0.25) is 9.48 Å². The van der Waals surface area contributed by atoms with Gasteiger partial charge in [0.25, 0.3) is 0 Å². The fourth-order valence-electron chi connectivity index (χ4n) is 2.91. The summed E-state index contributed by atoms with van der Waals surface area (Å²) in [5, 5.41) is 4.33. The fourth-order valence-corrected chi connectivity index (χ4v) is 3.40. The Balaban J connectivity index is 2.19. The monoisotopic (exact) mass is 356 g/mol. The highest BCUT2D eigenvalue weighted by Crippen LogP contribution is 2.28. The first-order chi connectivity index (χ1) is 10.0. The normalized spacial score (nSPS) is 23.3. The SMILES string of the molecule is CN(C)CCn1ncc(Br)c1C(=O)C1CCCCCC1N. The van der Waals surface area contributed by atoms with Crippen molar-refractivity contribution in [3.63, 3.8) is 0 Å². The van der Waals surface area contributed by atoms with E-state index in [9.17, 15) is 4.79 Å². The van der Waals surface area contributed by atoms with E-state index in [1.54, 1.807) is 6.20 Å². The van der Waals surface area contributed by atoms with E-state index in [2.05, 4.69) is 25.9 Å². The summed E-state index contributed by atoms with van der Waals surface area (Å²) in [6.45, 7) is 1.56. The molecule has 5 nitrogen and oxygen atoms in total. The number of aromatic nitrogens is 2. The van der Waals surface area contributed by atoms with E-state index >= 15 is 0 Å². The van der Waals surface area contributed by atoms with Gasteiger partial charge in [0.05, 0.1) is 17.2 Å². The van der Waals surface area contributed by atoms with Crippen LogP contribution in [0.1, 0.15) is 42.6 Å². The highest BCUT2D eigenvalue weighted by Gasteiger charge is 2.31. The number of halogens is 1. The van der Waals surface area contributed by atoms with Crippen molar-refractivity contribution in [2.45, 2.75) is 44.7 Å². The number of hydrogen-bond donors (Lipinski definition) is 1. The largest absolute Gasteiger partial charge is 0.327 e. The first kappa shape index (κ1) is 16.6. The molecular weight excluding hydrogens is 332 g/mol. The van der Waals surface area contributed by atoms with Gasteiger partial charge in [-0.25, -0.2) is 0 Å². The first-order valence-corrected chi connectivity index (χ1v) is 8.46. The van der Waals surface area contributed by atoms with Crippen molar-refractivity contribution in [1.82, 2.24) is 14.7 Å². The van der Waals surface area contributed by atoms with Crippen molar-refractivity contribution in [2.75, 3.05) is 20.6 Å². The van der Waals surface area contributed by atoms with E-state index in [1.165, 1.54) is 6.42 Å². The number of likely N-dealkylation sites (N-methyl/N-ethyl adjacent to an activating group) is 1. The molecule has 6 heteroatoms. The third kappa shape index (κ3) is 4.14. The average Bonchev–Trinajstić information content (AvgIpc) is 2.66. The van der Waals surface area contributed by atoms with Crippen LogP contribution in [0.25, 0.3) is 0 Å². The average molecular weight is 357 g/mol. The maximum Gasteiger partial charge on any atom is 0.186 e. The van der Waals surface area contributed by atoms with Crippen LogP contribution in [0.5, 0.6) is 0 Å². The van der Waals surface area contributed by atoms with Crippen molar-refractivity contribution < 1.29 is 4.79 Å². The zero-order valence-electron chi connectivity index (χ0n) is 12.9. The second-order valence-electron chi connectivity index (χ2n) is 6.14. The Morgan fingerprint density at radius 1 is 1.43 bits per heavy atom. The van der Waals surface area contributed by atoms with Crippen LogP contribution in [0, 0.1) is 5.92 Å². The molecule has 2 N–H and O–H groups in total. The number of ketones is 1. The van der Waals surface area contributed by atoms with E-state index in [0.717, 1.165) is 36.7 Å². The van der Waals surface area contributed by atoms with Gasteiger partial charge in [0.15, 0.2) is 5.78 Å². The summed E-state index contributed by atoms with van der Waals surface area (Å²) in [6.07, 6.45) is 6.95. The number of carbonyl (C=O) groups excluding carboxylic acids is 1. The standard InChI is InChI=1S/C15H25BrN4O/c1-19(2)8-9-20-14(12(16)10-18-20)15(21)11-6-4-3-5-7-13(11)17/h10-11,13H,3-9,17H2,1-2H3. The molecule has 1 aromatic heterocycles. The van der Waals surface area contributed by atoms with Crippen molar-refractivity contribution in [1.29, 1.82) is 0 Å². The van der Waals surface area contributed by atoms with Gasteiger partial charge in [-0.1, -0.05) is 19.3 Å². The van der Waals surface area contributed by atoms with Crippen LogP contribution in [0.3, 0.4) is 0 Å². The van der Waals surface area contributed by atoms with Gasteiger partial charge >= 0.3 is 0 Å². The van der Waals surface area contributed by atoms with Crippen LogP contribution in [0.15, 0.2) is 10.7 Å². The Bertz CT molecular complexity index is 486. The maximum absolute atomic E-state index is 12.9. The molecule has 1 saturated carbocycles. The van der Waals surface area contributed by atoms with Crippen molar-refractivity contribution >= 4 is 21.7 Å². The van der Waals surface area contributed by atoms with E-state index < -0.39 is 0 Å². The van der Waals surface area contributed by atoms with Crippen LogP contribution in [0.4, 0.5) is 0 Å². The molecule has 1 aliphatic rings. The lowest BCUT2D eigenvalue weighted by atomic mass is 9.89. The van der Waals surface area contributed by atoms with Gasteiger partial charge in [-0.15, -0.1) is 0 Å². The summed E-state index contributed by atoms with van der Waals surface area (Å²) in [6, 6.07) is -0.0240. The molecule has 1 fully saturated rings. The lowest BCUT2D eigenvalue weighted by molar-refractivity contribution is 0.0881. The van der Waals surface area contributed by atoms with Crippen LogP contribution in [0.2, 0.25) is 0 Å². The molecule has 2 unspecified atom stereocenters. The molecule has 0 aromatic carbocycles. The van der Waals surface area contributed by atoms with Crippen molar-refractivity contribution in [3.8, 4) is 0 Å². The number of nitrogens with two attached hydrogens (primary N) is 1. The molecule has 21 heavy (non-hydrogen) atoms. The second-order valence-corrected chi connectivity index (χ2v) is 6.99. The summed E-state index contributed by atoms with van der Waals surface area (Å²) in [7, 11) is 4.03. The number of Topliss-reactive ketones (excluding diaryl/α,β-unsaturated/α-hetero) is 1. The molecule has 1 aliphatic carbocycles. The predicted molar refractivity (Wildman–Crippen MR) is 87.4 cm³/mol. The van der Waals surface area contributed by atoms with Gasteiger partial charge in [-0.2, -0.15) is 5.10 Å². The van der Waals surface area contributed by atoms with Crippen LogP contribution in [-0.2, 0) is 6.54 Å². The first-order valence-electron chi connectivity index (χ1n) is 7.66. The Morgan fingerprint density at radius 2 is 2.14 bits per heavy atom. The van der Waals surface area contributed by atoms with Gasteiger partial charge in [0.1, 0.15) is 5.69 Å². The maximum atomic E-state index is 12.9. The molecule has 0 bridgehead atoms. The number of rotatable bonds is 5. The molecule has 2 rings (SSSR count).